The second-order valence-corrected chi connectivity index (χ2v) is 7.90. The second kappa shape index (κ2) is 7.05. The molecule has 1 aromatic carbocycles. The number of fused-ring (bicyclic) bond motifs is 2. The first-order valence-corrected chi connectivity index (χ1v) is 10.2. The van der Waals surface area contributed by atoms with Gasteiger partial charge in [-0.1, -0.05) is 11.6 Å². The largest absolute Gasteiger partial charge is 0.480 e. The topological polar surface area (TPSA) is 84.2 Å². The van der Waals surface area contributed by atoms with Crippen molar-refractivity contribution in [2.45, 2.75) is 24.3 Å². The number of benzene rings is 1. The number of nitrogens with zero attached hydrogens (tertiary/aromatic N) is 2. The first-order chi connectivity index (χ1) is 13.0. The van der Waals surface area contributed by atoms with Crippen molar-refractivity contribution in [3.05, 3.63) is 39.5 Å². The van der Waals surface area contributed by atoms with Gasteiger partial charge in [0, 0.05) is 11.9 Å². The number of rotatable bonds is 6. The van der Waals surface area contributed by atoms with Gasteiger partial charge in [-0.3, -0.25) is 9.59 Å². The third-order valence-corrected chi connectivity index (χ3v) is 5.99. The SMILES string of the molecule is CSc1c(Cl)ccc2c(=O)c3ccc(NCC4CC4)nc3n(CC(=O)O)c12. The lowest BCUT2D eigenvalue weighted by atomic mass is 10.1. The van der Waals surface area contributed by atoms with Crippen molar-refractivity contribution >= 4 is 57.1 Å². The quantitative estimate of drug-likeness (QED) is 0.480. The molecule has 6 nitrogen and oxygen atoms in total. The van der Waals surface area contributed by atoms with Crippen molar-refractivity contribution in [3.8, 4) is 0 Å². The van der Waals surface area contributed by atoms with Gasteiger partial charge < -0.3 is 15.0 Å². The highest BCUT2D eigenvalue weighted by atomic mass is 35.5. The summed E-state index contributed by atoms with van der Waals surface area (Å²) >= 11 is 7.70. The van der Waals surface area contributed by atoms with E-state index in [1.165, 1.54) is 24.6 Å². The van der Waals surface area contributed by atoms with Crippen molar-refractivity contribution in [1.82, 2.24) is 9.55 Å². The monoisotopic (exact) mass is 403 g/mol. The Labute approximate surface area is 164 Å². The summed E-state index contributed by atoms with van der Waals surface area (Å²) in [6.45, 7) is 0.525. The highest BCUT2D eigenvalue weighted by Crippen LogP contribution is 2.34. The van der Waals surface area contributed by atoms with E-state index < -0.39 is 5.97 Å². The van der Waals surface area contributed by atoms with Crippen molar-refractivity contribution in [2.75, 3.05) is 18.1 Å². The standard InChI is InChI=1S/C19H18ClN3O3S/c1-27-18-13(20)6-4-11-16(18)23(9-15(24)25)19-12(17(11)26)5-7-14(22-19)21-8-10-2-3-10/h4-7,10H,2-3,8-9H2,1H3,(H,21,22)(H,24,25). The molecule has 2 heterocycles. The first kappa shape index (κ1) is 18.1. The van der Waals surface area contributed by atoms with Crippen LogP contribution >= 0.6 is 23.4 Å². The van der Waals surface area contributed by atoms with Crippen LogP contribution in [0.2, 0.25) is 5.02 Å². The lowest BCUT2D eigenvalue weighted by Crippen LogP contribution is -2.18. The van der Waals surface area contributed by atoms with Gasteiger partial charge in [-0.05, 0) is 49.3 Å². The zero-order valence-electron chi connectivity index (χ0n) is 14.7. The summed E-state index contributed by atoms with van der Waals surface area (Å²) in [5.41, 5.74) is 0.699. The molecule has 0 amide bonds. The Hall–Kier alpha value is -2.25. The number of thioether (sulfide) groups is 1. The molecule has 2 aromatic heterocycles. The van der Waals surface area contributed by atoms with Crippen LogP contribution in [0.15, 0.2) is 34.0 Å². The third-order valence-electron chi connectivity index (χ3n) is 4.74. The minimum atomic E-state index is -1.01. The van der Waals surface area contributed by atoms with E-state index in [1.54, 1.807) is 28.8 Å². The van der Waals surface area contributed by atoms with E-state index in [1.807, 2.05) is 6.26 Å². The van der Waals surface area contributed by atoms with E-state index >= 15 is 0 Å². The fourth-order valence-corrected chi connectivity index (χ4v) is 4.29. The summed E-state index contributed by atoms with van der Waals surface area (Å²) in [4.78, 5) is 29.8. The molecule has 3 aromatic rings. The minimum absolute atomic E-state index is 0.171. The van der Waals surface area contributed by atoms with Crippen molar-refractivity contribution in [1.29, 1.82) is 0 Å². The molecule has 0 saturated heterocycles. The summed E-state index contributed by atoms with van der Waals surface area (Å²) in [5, 5.41) is 14.1. The highest BCUT2D eigenvalue weighted by molar-refractivity contribution is 7.99. The average molecular weight is 404 g/mol. The number of anilines is 1. The maximum atomic E-state index is 13.0. The van der Waals surface area contributed by atoms with Crippen molar-refractivity contribution in [3.63, 3.8) is 0 Å². The van der Waals surface area contributed by atoms with Crippen LogP contribution in [0.4, 0.5) is 5.82 Å². The molecule has 1 aliphatic carbocycles. The van der Waals surface area contributed by atoms with Crippen LogP contribution in [0, 0.1) is 5.92 Å². The number of carbonyl (C=O) groups is 1. The normalized spacial score (nSPS) is 14.0. The Morgan fingerprint density at radius 3 is 2.74 bits per heavy atom. The molecule has 1 saturated carbocycles. The Balaban J connectivity index is 2.03. The molecule has 0 unspecified atom stereocenters. The van der Waals surface area contributed by atoms with Gasteiger partial charge in [0.25, 0.3) is 0 Å². The number of hydrogen-bond acceptors (Lipinski definition) is 5. The fourth-order valence-electron chi connectivity index (χ4n) is 3.23. The van der Waals surface area contributed by atoms with Gasteiger partial charge in [-0.25, -0.2) is 4.98 Å². The summed E-state index contributed by atoms with van der Waals surface area (Å²) in [6.07, 6.45) is 4.27. The van der Waals surface area contributed by atoms with E-state index in [2.05, 4.69) is 10.3 Å². The molecule has 0 atom stereocenters. The molecule has 8 heteroatoms. The predicted molar refractivity (Wildman–Crippen MR) is 109 cm³/mol. The molecule has 0 radical (unpaired) electrons. The van der Waals surface area contributed by atoms with E-state index in [0.717, 1.165) is 6.54 Å². The van der Waals surface area contributed by atoms with E-state index in [-0.39, 0.29) is 12.0 Å². The smallest absolute Gasteiger partial charge is 0.323 e. The number of halogens is 1. The first-order valence-electron chi connectivity index (χ1n) is 8.65. The van der Waals surface area contributed by atoms with E-state index in [4.69, 9.17) is 11.6 Å². The lowest BCUT2D eigenvalue weighted by molar-refractivity contribution is -0.137. The Bertz CT molecular complexity index is 1120. The van der Waals surface area contributed by atoms with Crippen molar-refractivity contribution in [2.24, 2.45) is 5.92 Å². The molecular formula is C19H18ClN3O3S. The van der Waals surface area contributed by atoms with Gasteiger partial charge in [-0.2, -0.15) is 0 Å². The molecule has 1 aliphatic rings. The predicted octanol–water partition coefficient (Wildman–Crippen LogP) is 3.83. The Morgan fingerprint density at radius 1 is 1.33 bits per heavy atom. The Morgan fingerprint density at radius 2 is 2.07 bits per heavy atom. The summed E-state index contributed by atoms with van der Waals surface area (Å²) in [5.74, 6) is 0.300. The van der Waals surface area contributed by atoms with Gasteiger partial charge in [0.05, 0.1) is 20.8 Å². The van der Waals surface area contributed by atoms with Crippen LogP contribution in [0.3, 0.4) is 0 Å². The molecule has 140 valence electrons. The van der Waals surface area contributed by atoms with E-state index in [0.29, 0.717) is 43.6 Å². The van der Waals surface area contributed by atoms with Gasteiger partial charge in [0.2, 0.25) is 0 Å². The van der Waals surface area contributed by atoms with Gasteiger partial charge in [-0.15, -0.1) is 11.8 Å². The molecule has 2 N–H and O–H groups in total. The molecule has 0 bridgehead atoms. The van der Waals surface area contributed by atoms with E-state index in [9.17, 15) is 14.7 Å². The van der Waals surface area contributed by atoms with Gasteiger partial charge in [0.1, 0.15) is 18.0 Å². The number of pyridine rings is 2. The lowest BCUT2D eigenvalue weighted by Gasteiger charge is -2.16. The Kier molecular flexibility index (Phi) is 4.74. The summed E-state index contributed by atoms with van der Waals surface area (Å²) in [7, 11) is 0. The van der Waals surface area contributed by atoms with Crippen LogP contribution in [0.25, 0.3) is 21.9 Å². The van der Waals surface area contributed by atoms with Crippen LogP contribution < -0.4 is 10.7 Å². The number of carboxylic acids is 1. The number of aliphatic carboxylic acids is 1. The highest BCUT2D eigenvalue weighted by Gasteiger charge is 2.22. The maximum Gasteiger partial charge on any atom is 0.323 e. The average Bonchev–Trinajstić information content (AvgIpc) is 3.47. The van der Waals surface area contributed by atoms with Crippen LogP contribution in [-0.4, -0.2) is 33.4 Å². The molecule has 1 fully saturated rings. The van der Waals surface area contributed by atoms with Crippen molar-refractivity contribution < 1.29 is 9.90 Å². The maximum absolute atomic E-state index is 13.0. The number of nitrogens with one attached hydrogen (secondary N) is 1. The molecule has 4 rings (SSSR count). The number of aromatic nitrogens is 2. The zero-order valence-corrected chi connectivity index (χ0v) is 16.2. The fraction of sp³-hybridized carbons (Fsp3) is 0.316. The number of carboxylic acid groups (broad SMARTS) is 1. The van der Waals surface area contributed by atoms with Crippen LogP contribution in [0.1, 0.15) is 12.8 Å². The zero-order chi connectivity index (χ0) is 19.1. The number of hydrogen-bond donors (Lipinski definition) is 2. The molecular weight excluding hydrogens is 386 g/mol. The van der Waals surface area contributed by atoms with Crippen LogP contribution in [0.5, 0.6) is 0 Å². The molecule has 27 heavy (non-hydrogen) atoms. The van der Waals surface area contributed by atoms with Gasteiger partial charge in [0.15, 0.2) is 5.43 Å². The third kappa shape index (κ3) is 3.37. The van der Waals surface area contributed by atoms with Gasteiger partial charge >= 0.3 is 5.97 Å². The van der Waals surface area contributed by atoms with Crippen LogP contribution in [-0.2, 0) is 11.3 Å². The molecule has 0 spiro atoms. The minimum Gasteiger partial charge on any atom is -0.480 e. The molecule has 0 aliphatic heterocycles. The second-order valence-electron chi connectivity index (χ2n) is 6.68. The summed E-state index contributed by atoms with van der Waals surface area (Å²) < 4.78 is 1.58. The summed E-state index contributed by atoms with van der Waals surface area (Å²) in [6, 6.07) is 6.81.